The number of hydrogen-bond donors (Lipinski definition) is 1. The fourth-order valence-electron chi connectivity index (χ4n) is 3.13. The molecule has 0 aliphatic heterocycles. The molecular formula is C24H19N3O4. The van der Waals surface area contributed by atoms with Gasteiger partial charge in [0, 0.05) is 29.5 Å². The van der Waals surface area contributed by atoms with Gasteiger partial charge in [0.2, 0.25) is 11.8 Å². The molecule has 0 bridgehead atoms. The Labute approximate surface area is 178 Å². The van der Waals surface area contributed by atoms with Gasteiger partial charge in [0.15, 0.2) is 5.58 Å². The Kier molecular flexibility index (Phi) is 5.32. The molecule has 7 nitrogen and oxygen atoms in total. The van der Waals surface area contributed by atoms with Crippen LogP contribution in [-0.4, -0.2) is 15.8 Å². The number of hydrogen-bond acceptors (Lipinski definition) is 5. The van der Waals surface area contributed by atoms with Crippen molar-refractivity contribution in [3.8, 4) is 11.5 Å². The lowest BCUT2D eigenvalue weighted by Crippen LogP contribution is -2.09. The Bertz CT molecular complexity index is 1340. The van der Waals surface area contributed by atoms with Crippen molar-refractivity contribution in [1.82, 2.24) is 4.98 Å². The van der Waals surface area contributed by atoms with Crippen molar-refractivity contribution in [3.63, 3.8) is 0 Å². The number of nitro groups is 1. The van der Waals surface area contributed by atoms with Gasteiger partial charge in [0.05, 0.1) is 4.92 Å². The molecule has 1 N–H and O–H groups in total. The maximum Gasteiger partial charge on any atom is 0.270 e. The van der Waals surface area contributed by atoms with Gasteiger partial charge in [0.1, 0.15) is 5.52 Å². The van der Waals surface area contributed by atoms with Crippen molar-refractivity contribution in [2.75, 3.05) is 5.32 Å². The highest BCUT2D eigenvalue weighted by Crippen LogP contribution is 2.28. The summed E-state index contributed by atoms with van der Waals surface area (Å²) in [4.78, 5) is 27.3. The Morgan fingerprint density at radius 1 is 1.10 bits per heavy atom. The summed E-state index contributed by atoms with van der Waals surface area (Å²) in [5.74, 6) is 0.128. The van der Waals surface area contributed by atoms with E-state index in [4.69, 9.17) is 4.42 Å². The Hall–Kier alpha value is -4.26. The van der Waals surface area contributed by atoms with Gasteiger partial charge in [-0.15, -0.1) is 0 Å². The number of carbonyl (C=O) groups excluding carboxylic acids is 1. The number of nitro benzene ring substituents is 1. The molecule has 0 spiro atoms. The Morgan fingerprint density at radius 2 is 1.94 bits per heavy atom. The molecule has 0 saturated heterocycles. The molecule has 4 aromatic rings. The molecule has 0 saturated carbocycles. The minimum Gasteiger partial charge on any atom is -0.436 e. The first-order valence-corrected chi connectivity index (χ1v) is 9.61. The third-order valence-electron chi connectivity index (χ3n) is 4.79. The molecule has 7 heteroatoms. The summed E-state index contributed by atoms with van der Waals surface area (Å²) in [6, 6.07) is 17.5. The third kappa shape index (κ3) is 4.51. The zero-order chi connectivity index (χ0) is 22.0. The van der Waals surface area contributed by atoms with E-state index >= 15 is 0 Å². The number of benzene rings is 3. The van der Waals surface area contributed by atoms with Crippen LogP contribution in [0.5, 0.6) is 0 Å². The van der Waals surface area contributed by atoms with Crippen LogP contribution in [0.2, 0.25) is 0 Å². The van der Waals surface area contributed by atoms with Crippen molar-refractivity contribution < 1.29 is 14.1 Å². The van der Waals surface area contributed by atoms with E-state index in [9.17, 15) is 14.9 Å². The quantitative estimate of drug-likeness (QED) is 0.258. The van der Waals surface area contributed by atoms with Crippen LogP contribution < -0.4 is 5.32 Å². The highest BCUT2D eigenvalue weighted by atomic mass is 16.6. The number of rotatable bonds is 5. The molecular weight excluding hydrogens is 394 g/mol. The molecule has 1 heterocycles. The molecule has 31 heavy (non-hydrogen) atoms. The normalized spacial score (nSPS) is 11.2. The summed E-state index contributed by atoms with van der Waals surface area (Å²) in [5.41, 5.74) is 5.36. The van der Waals surface area contributed by atoms with E-state index in [0.29, 0.717) is 22.7 Å². The molecule has 4 rings (SSSR count). The van der Waals surface area contributed by atoms with Crippen LogP contribution in [0.4, 0.5) is 11.4 Å². The van der Waals surface area contributed by atoms with Gasteiger partial charge in [-0.05, 0) is 60.9 Å². The first kappa shape index (κ1) is 20.0. The second-order valence-electron chi connectivity index (χ2n) is 7.19. The van der Waals surface area contributed by atoms with E-state index in [2.05, 4.69) is 10.3 Å². The topological polar surface area (TPSA) is 98.3 Å². The number of carbonyl (C=O) groups is 1. The standard InChI is InChI=1S/C24H19N3O4/c1-15-6-10-20-22(12-15)31-24(26-20)18-9-7-16(2)21(14-18)25-23(28)11-8-17-4-3-5-19(13-17)27(29)30/h3-14H,1-2H3,(H,25,28)/b11-8+. The number of aromatic nitrogens is 1. The molecule has 1 aromatic heterocycles. The second kappa shape index (κ2) is 8.23. The molecule has 154 valence electrons. The maximum absolute atomic E-state index is 12.4. The van der Waals surface area contributed by atoms with Crippen LogP contribution >= 0.6 is 0 Å². The average Bonchev–Trinajstić information content (AvgIpc) is 3.17. The van der Waals surface area contributed by atoms with Gasteiger partial charge in [-0.1, -0.05) is 24.3 Å². The van der Waals surface area contributed by atoms with Crippen molar-refractivity contribution >= 4 is 34.5 Å². The summed E-state index contributed by atoms with van der Waals surface area (Å²) in [6.07, 6.45) is 2.87. The van der Waals surface area contributed by atoms with Gasteiger partial charge < -0.3 is 9.73 Å². The molecule has 0 atom stereocenters. The number of nitrogens with one attached hydrogen (secondary N) is 1. The van der Waals surface area contributed by atoms with Crippen LogP contribution in [0.15, 0.2) is 71.2 Å². The average molecular weight is 413 g/mol. The van der Waals surface area contributed by atoms with Crippen molar-refractivity contribution in [1.29, 1.82) is 0 Å². The first-order chi connectivity index (χ1) is 14.9. The SMILES string of the molecule is Cc1ccc2nc(-c3ccc(C)c(NC(=O)/C=C/c4cccc([N+](=O)[O-])c4)c3)oc2c1. The van der Waals surface area contributed by atoms with Crippen LogP contribution in [0.1, 0.15) is 16.7 Å². The summed E-state index contributed by atoms with van der Waals surface area (Å²) in [6.45, 7) is 3.88. The van der Waals surface area contributed by atoms with Gasteiger partial charge in [-0.25, -0.2) is 4.98 Å². The zero-order valence-electron chi connectivity index (χ0n) is 17.0. The van der Waals surface area contributed by atoms with Crippen molar-refractivity contribution in [2.45, 2.75) is 13.8 Å². The monoisotopic (exact) mass is 413 g/mol. The molecule has 0 radical (unpaired) electrons. The third-order valence-corrected chi connectivity index (χ3v) is 4.79. The Morgan fingerprint density at radius 3 is 2.74 bits per heavy atom. The maximum atomic E-state index is 12.4. The molecule has 1 amide bonds. The minimum absolute atomic E-state index is 0.0281. The predicted molar refractivity (Wildman–Crippen MR) is 120 cm³/mol. The van der Waals surface area contributed by atoms with E-state index in [1.807, 2.05) is 50.2 Å². The van der Waals surface area contributed by atoms with E-state index in [1.54, 1.807) is 12.1 Å². The number of fused-ring (bicyclic) bond motifs is 1. The second-order valence-corrected chi connectivity index (χ2v) is 7.19. The van der Waals surface area contributed by atoms with Crippen molar-refractivity contribution in [2.24, 2.45) is 0 Å². The molecule has 0 fully saturated rings. The lowest BCUT2D eigenvalue weighted by Gasteiger charge is -2.08. The number of nitrogens with zero attached hydrogens (tertiary/aromatic N) is 2. The predicted octanol–water partition coefficient (Wildman–Crippen LogP) is 5.67. The van der Waals surface area contributed by atoms with Crippen molar-refractivity contribution in [3.05, 3.63) is 93.5 Å². The fourth-order valence-corrected chi connectivity index (χ4v) is 3.13. The number of aryl methyl sites for hydroxylation is 2. The summed E-state index contributed by atoms with van der Waals surface area (Å²) >= 11 is 0. The Balaban J connectivity index is 1.55. The zero-order valence-corrected chi connectivity index (χ0v) is 17.0. The van der Waals surface area contributed by atoms with E-state index in [1.165, 1.54) is 24.3 Å². The molecule has 0 unspecified atom stereocenters. The largest absolute Gasteiger partial charge is 0.436 e. The highest BCUT2D eigenvalue weighted by molar-refractivity contribution is 6.02. The van der Waals surface area contributed by atoms with Crippen LogP contribution in [0.3, 0.4) is 0 Å². The van der Waals surface area contributed by atoms with Gasteiger partial charge >= 0.3 is 0 Å². The van der Waals surface area contributed by atoms with E-state index < -0.39 is 4.92 Å². The lowest BCUT2D eigenvalue weighted by molar-refractivity contribution is -0.384. The fraction of sp³-hybridized carbons (Fsp3) is 0.0833. The number of anilines is 1. The summed E-state index contributed by atoms with van der Waals surface area (Å²) in [5, 5.41) is 13.7. The van der Waals surface area contributed by atoms with E-state index in [-0.39, 0.29) is 11.6 Å². The van der Waals surface area contributed by atoms with E-state index in [0.717, 1.165) is 22.2 Å². The molecule has 3 aromatic carbocycles. The first-order valence-electron chi connectivity index (χ1n) is 9.61. The lowest BCUT2D eigenvalue weighted by atomic mass is 10.1. The van der Waals surface area contributed by atoms with Crippen LogP contribution in [0.25, 0.3) is 28.6 Å². The van der Waals surface area contributed by atoms with Gasteiger partial charge in [-0.2, -0.15) is 0 Å². The molecule has 0 aliphatic carbocycles. The van der Waals surface area contributed by atoms with Crippen LogP contribution in [-0.2, 0) is 4.79 Å². The van der Waals surface area contributed by atoms with Gasteiger partial charge in [0.25, 0.3) is 5.69 Å². The number of amides is 1. The summed E-state index contributed by atoms with van der Waals surface area (Å²) in [7, 11) is 0. The minimum atomic E-state index is -0.473. The highest BCUT2D eigenvalue weighted by Gasteiger charge is 2.11. The number of non-ortho nitro benzene ring substituents is 1. The summed E-state index contributed by atoms with van der Waals surface area (Å²) < 4.78 is 5.88. The van der Waals surface area contributed by atoms with Gasteiger partial charge in [-0.3, -0.25) is 14.9 Å². The smallest absolute Gasteiger partial charge is 0.270 e. The van der Waals surface area contributed by atoms with Crippen LogP contribution in [0, 0.1) is 24.0 Å². The molecule has 0 aliphatic rings. The number of oxazole rings is 1.